The minimum Gasteiger partial charge on any atom is -0.489 e. The van der Waals surface area contributed by atoms with E-state index in [-0.39, 0.29) is 5.70 Å². The summed E-state index contributed by atoms with van der Waals surface area (Å²) in [4.78, 5) is 16.6. The number of nitrogens with zero attached hydrogens (tertiary/aromatic N) is 1. The Morgan fingerprint density at radius 2 is 1.83 bits per heavy atom. The highest BCUT2D eigenvalue weighted by molar-refractivity contribution is 14.1. The van der Waals surface area contributed by atoms with Crippen LogP contribution in [0, 0.1) is 3.57 Å². The third kappa shape index (κ3) is 5.19. The van der Waals surface area contributed by atoms with Crippen molar-refractivity contribution >= 4 is 72.4 Å². The molecule has 0 amide bonds. The molecule has 1 aliphatic heterocycles. The van der Waals surface area contributed by atoms with Gasteiger partial charge in [0.05, 0.1) is 0 Å². The normalized spacial score (nSPS) is 14.6. The second-order valence-corrected chi connectivity index (χ2v) is 9.38. The molecule has 7 heteroatoms. The first-order valence-corrected chi connectivity index (χ1v) is 11.6. The first kappa shape index (κ1) is 21.3. The van der Waals surface area contributed by atoms with Gasteiger partial charge in [-0.1, -0.05) is 40.2 Å². The van der Waals surface area contributed by atoms with Crippen LogP contribution in [0.2, 0.25) is 0 Å². The fourth-order valence-electron chi connectivity index (χ4n) is 2.77. The predicted molar refractivity (Wildman–Crippen MR) is 132 cm³/mol. The zero-order valence-corrected chi connectivity index (χ0v) is 20.8. The smallest absolute Gasteiger partial charge is 0.363 e. The maximum absolute atomic E-state index is 12.2. The molecule has 0 aromatic heterocycles. The summed E-state index contributed by atoms with van der Waals surface area (Å²) in [6.07, 6.45) is 1.70. The molecule has 1 aliphatic rings. The lowest BCUT2D eigenvalue weighted by Gasteiger charge is -2.07. The van der Waals surface area contributed by atoms with Crippen LogP contribution in [0.4, 0.5) is 0 Å². The zero-order chi connectivity index (χ0) is 21.1. The standard InChI is InChI=1S/C23H14Br2INO3/c24-17-3-1-2-15(10-17)13-29-18-7-4-14(5-8-18)11-21-23(28)30-22(27-21)16-6-9-20(26)19(25)12-16/h1-12H,13H2/b21-11-. The Morgan fingerprint density at radius 1 is 1.03 bits per heavy atom. The van der Waals surface area contributed by atoms with Crippen molar-refractivity contribution in [1.82, 2.24) is 0 Å². The van der Waals surface area contributed by atoms with Gasteiger partial charge in [0.25, 0.3) is 0 Å². The summed E-state index contributed by atoms with van der Waals surface area (Å²) < 4.78 is 14.2. The summed E-state index contributed by atoms with van der Waals surface area (Å²) in [6, 6.07) is 21.2. The molecule has 0 aliphatic carbocycles. The molecule has 0 saturated carbocycles. The van der Waals surface area contributed by atoms with Crippen LogP contribution in [0.5, 0.6) is 5.75 Å². The Hall–Kier alpha value is -1.97. The van der Waals surface area contributed by atoms with Crippen LogP contribution in [0.15, 0.2) is 86.4 Å². The third-order valence-corrected chi connectivity index (χ3v) is 7.10. The molecular weight excluding hydrogens is 625 g/mol. The monoisotopic (exact) mass is 637 g/mol. The van der Waals surface area contributed by atoms with Crippen LogP contribution in [0.25, 0.3) is 6.08 Å². The summed E-state index contributed by atoms with van der Waals surface area (Å²) in [5.74, 6) is 0.589. The summed E-state index contributed by atoms with van der Waals surface area (Å²) in [7, 11) is 0. The van der Waals surface area contributed by atoms with Crippen LogP contribution in [0.1, 0.15) is 16.7 Å². The summed E-state index contributed by atoms with van der Waals surface area (Å²) in [5, 5.41) is 0. The van der Waals surface area contributed by atoms with Crippen molar-refractivity contribution in [3.05, 3.63) is 102 Å². The van der Waals surface area contributed by atoms with E-state index in [9.17, 15) is 4.79 Å². The van der Waals surface area contributed by atoms with E-state index in [0.717, 1.165) is 35.0 Å². The molecule has 0 unspecified atom stereocenters. The first-order chi connectivity index (χ1) is 14.5. The molecule has 30 heavy (non-hydrogen) atoms. The van der Waals surface area contributed by atoms with Gasteiger partial charge in [-0.25, -0.2) is 9.79 Å². The molecule has 3 aromatic carbocycles. The van der Waals surface area contributed by atoms with Crippen LogP contribution >= 0.6 is 54.5 Å². The van der Waals surface area contributed by atoms with Gasteiger partial charge < -0.3 is 9.47 Å². The molecule has 0 saturated heterocycles. The molecule has 0 radical (unpaired) electrons. The molecule has 150 valence electrons. The minimum absolute atomic E-state index is 0.266. The van der Waals surface area contributed by atoms with E-state index in [1.54, 1.807) is 6.08 Å². The van der Waals surface area contributed by atoms with Crippen molar-refractivity contribution in [2.75, 3.05) is 0 Å². The Labute approximate surface area is 204 Å². The summed E-state index contributed by atoms with van der Waals surface area (Å²) in [5.41, 5.74) is 2.93. The van der Waals surface area contributed by atoms with E-state index in [4.69, 9.17) is 9.47 Å². The second-order valence-electron chi connectivity index (χ2n) is 6.45. The molecule has 3 aromatic rings. The average molecular weight is 639 g/mol. The molecular formula is C23H14Br2INO3. The van der Waals surface area contributed by atoms with Gasteiger partial charge in [-0.15, -0.1) is 0 Å². The number of hydrogen-bond donors (Lipinski definition) is 0. The zero-order valence-electron chi connectivity index (χ0n) is 15.4. The highest BCUT2D eigenvalue weighted by Crippen LogP contribution is 2.25. The number of aliphatic imine (C=N–C) groups is 1. The SMILES string of the molecule is O=C1OC(c2ccc(I)c(Br)c2)=N/C1=C\c1ccc(OCc2cccc(Br)c2)cc1. The molecule has 0 atom stereocenters. The van der Waals surface area contributed by atoms with Crippen molar-refractivity contribution in [2.45, 2.75) is 6.61 Å². The number of halogens is 3. The summed E-state index contributed by atoms with van der Waals surface area (Å²) >= 11 is 9.16. The largest absolute Gasteiger partial charge is 0.489 e. The Kier molecular flexibility index (Phi) is 6.70. The maximum Gasteiger partial charge on any atom is 0.363 e. The molecule has 0 N–H and O–H groups in total. The lowest BCUT2D eigenvalue weighted by Crippen LogP contribution is -2.05. The minimum atomic E-state index is -0.463. The molecule has 4 nitrogen and oxygen atoms in total. The summed E-state index contributed by atoms with van der Waals surface area (Å²) in [6.45, 7) is 0.478. The lowest BCUT2D eigenvalue weighted by molar-refractivity contribution is -0.129. The van der Waals surface area contributed by atoms with Gasteiger partial charge in [0.1, 0.15) is 12.4 Å². The molecule has 0 spiro atoms. The highest BCUT2D eigenvalue weighted by Gasteiger charge is 2.24. The Bertz CT molecular complexity index is 1170. The quantitative estimate of drug-likeness (QED) is 0.177. The van der Waals surface area contributed by atoms with Gasteiger partial charge in [0.2, 0.25) is 5.90 Å². The number of benzene rings is 3. The fraction of sp³-hybridized carbons (Fsp3) is 0.0435. The molecule has 0 bridgehead atoms. The van der Waals surface area contributed by atoms with Crippen molar-refractivity contribution in [1.29, 1.82) is 0 Å². The van der Waals surface area contributed by atoms with Crippen LogP contribution in [-0.2, 0) is 16.1 Å². The topological polar surface area (TPSA) is 47.9 Å². The number of hydrogen-bond acceptors (Lipinski definition) is 4. The van der Waals surface area contributed by atoms with Crippen LogP contribution in [-0.4, -0.2) is 11.9 Å². The molecule has 0 fully saturated rings. The van der Waals surface area contributed by atoms with Gasteiger partial charge >= 0.3 is 5.97 Å². The Balaban J connectivity index is 1.46. The van der Waals surface area contributed by atoms with Gasteiger partial charge in [0.15, 0.2) is 5.70 Å². The number of carbonyl (C=O) groups excluding carboxylic acids is 1. The van der Waals surface area contributed by atoms with Crippen LogP contribution < -0.4 is 4.74 Å². The van der Waals surface area contributed by atoms with Gasteiger partial charge in [-0.05, 0) is 98.2 Å². The predicted octanol–water partition coefficient (Wildman–Crippen LogP) is 6.74. The fourth-order valence-corrected chi connectivity index (χ4v) is 3.93. The van der Waals surface area contributed by atoms with E-state index in [1.165, 1.54) is 0 Å². The number of carbonyl (C=O) groups is 1. The number of esters is 1. The van der Waals surface area contributed by atoms with Crippen molar-refractivity contribution in [3.63, 3.8) is 0 Å². The van der Waals surface area contributed by atoms with Crippen LogP contribution in [0.3, 0.4) is 0 Å². The average Bonchev–Trinajstić information content (AvgIpc) is 3.10. The van der Waals surface area contributed by atoms with Gasteiger partial charge in [-0.2, -0.15) is 0 Å². The Morgan fingerprint density at radius 3 is 2.57 bits per heavy atom. The van der Waals surface area contributed by atoms with Gasteiger partial charge in [0, 0.05) is 18.1 Å². The van der Waals surface area contributed by atoms with Crippen molar-refractivity contribution < 1.29 is 14.3 Å². The number of ether oxygens (including phenoxy) is 2. The van der Waals surface area contributed by atoms with E-state index in [1.807, 2.05) is 66.7 Å². The van der Waals surface area contributed by atoms with E-state index in [0.29, 0.717) is 12.5 Å². The second kappa shape index (κ2) is 9.45. The molecule has 4 rings (SSSR count). The number of rotatable bonds is 5. The maximum atomic E-state index is 12.2. The highest BCUT2D eigenvalue weighted by atomic mass is 127. The van der Waals surface area contributed by atoms with E-state index in [2.05, 4.69) is 59.4 Å². The van der Waals surface area contributed by atoms with E-state index < -0.39 is 5.97 Å². The van der Waals surface area contributed by atoms with Crippen molar-refractivity contribution in [2.24, 2.45) is 4.99 Å². The van der Waals surface area contributed by atoms with E-state index >= 15 is 0 Å². The molecule has 1 heterocycles. The van der Waals surface area contributed by atoms with Crippen molar-refractivity contribution in [3.8, 4) is 5.75 Å². The third-order valence-electron chi connectivity index (χ3n) is 4.27. The van der Waals surface area contributed by atoms with Gasteiger partial charge in [-0.3, -0.25) is 0 Å². The first-order valence-electron chi connectivity index (χ1n) is 8.93. The number of cyclic esters (lactones) is 1. The lowest BCUT2D eigenvalue weighted by atomic mass is 10.2.